The van der Waals surface area contributed by atoms with Crippen molar-refractivity contribution in [2.75, 3.05) is 11.7 Å². The second-order valence-corrected chi connectivity index (χ2v) is 7.61. The Hall–Kier alpha value is -2.89. The summed E-state index contributed by atoms with van der Waals surface area (Å²) in [4.78, 5) is 14.7. The molecule has 5 nitrogen and oxygen atoms in total. The molecule has 146 valence electrons. The van der Waals surface area contributed by atoms with E-state index in [0.29, 0.717) is 33.0 Å². The van der Waals surface area contributed by atoms with Crippen LogP contribution in [-0.4, -0.2) is 18.8 Å². The van der Waals surface area contributed by atoms with Crippen LogP contribution in [0.1, 0.15) is 11.6 Å². The maximum atomic E-state index is 13.0. The molecule has 1 saturated heterocycles. The Morgan fingerprint density at radius 3 is 2.48 bits per heavy atom. The van der Waals surface area contributed by atoms with Crippen molar-refractivity contribution in [2.45, 2.75) is 12.1 Å². The molecular formula is C22H15Cl2NO4. The maximum Gasteiger partial charge on any atom is 0.271 e. The molecule has 29 heavy (non-hydrogen) atoms. The lowest BCUT2D eigenvalue weighted by Gasteiger charge is -2.46. The molecule has 0 saturated carbocycles. The Balaban J connectivity index is 1.52. The fourth-order valence-corrected chi connectivity index (χ4v) is 3.88. The molecule has 5 rings (SSSR count). The number of ether oxygens (including phenoxy) is 3. The van der Waals surface area contributed by atoms with Gasteiger partial charge in [-0.1, -0.05) is 35.3 Å². The molecule has 2 atom stereocenters. The first-order valence-electron chi connectivity index (χ1n) is 9.00. The Morgan fingerprint density at radius 1 is 0.897 bits per heavy atom. The summed E-state index contributed by atoms with van der Waals surface area (Å²) in [6.07, 6.45) is -0.685. The first-order chi connectivity index (χ1) is 14.1. The minimum absolute atomic E-state index is 0.148. The number of hydrogen-bond donors (Lipinski definition) is 0. The summed E-state index contributed by atoms with van der Waals surface area (Å²) in [5, 5.41) is 1.16. The van der Waals surface area contributed by atoms with Crippen LogP contribution in [0.3, 0.4) is 0 Å². The van der Waals surface area contributed by atoms with E-state index in [0.717, 1.165) is 5.56 Å². The quantitative estimate of drug-likeness (QED) is 0.532. The fraction of sp³-hybridized carbons (Fsp3) is 0.136. The molecule has 0 aliphatic carbocycles. The number of anilines is 1. The predicted molar refractivity (Wildman–Crippen MR) is 110 cm³/mol. The summed E-state index contributed by atoms with van der Waals surface area (Å²) in [6, 6.07) is 19.4. The number of carbonyl (C=O) groups is 1. The number of nitrogens with zero attached hydrogens (tertiary/aromatic N) is 1. The highest BCUT2D eigenvalue weighted by Gasteiger charge is 2.51. The average Bonchev–Trinajstić information content (AvgIpc) is 3.19. The number of fused-ring (bicyclic) bond motifs is 1. The molecule has 0 unspecified atom stereocenters. The molecule has 0 radical (unpaired) electrons. The number of β-lactam (4-membered cyclic amide) rings is 1. The van der Waals surface area contributed by atoms with Crippen molar-refractivity contribution in [3.8, 4) is 17.2 Å². The molecule has 0 spiro atoms. The lowest BCUT2D eigenvalue weighted by molar-refractivity contribution is -0.135. The van der Waals surface area contributed by atoms with E-state index >= 15 is 0 Å². The van der Waals surface area contributed by atoms with Crippen molar-refractivity contribution in [2.24, 2.45) is 0 Å². The number of rotatable bonds is 4. The summed E-state index contributed by atoms with van der Waals surface area (Å²) < 4.78 is 16.9. The van der Waals surface area contributed by atoms with E-state index in [9.17, 15) is 4.79 Å². The third-order valence-corrected chi connectivity index (χ3v) is 5.43. The van der Waals surface area contributed by atoms with Crippen LogP contribution in [0, 0.1) is 0 Å². The van der Waals surface area contributed by atoms with Gasteiger partial charge in [-0.25, -0.2) is 0 Å². The zero-order valence-electron chi connectivity index (χ0n) is 15.0. The van der Waals surface area contributed by atoms with Gasteiger partial charge in [0.2, 0.25) is 12.9 Å². The van der Waals surface area contributed by atoms with E-state index in [1.165, 1.54) is 0 Å². The largest absolute Gasteiger partial charge is 0.478 e. The van der Waals surface area contributed by atoms with Crippen molar-refractivity contribution < 1.29 is 19.0 Å². The zero-order chi connectivity index (χ0) is 20.0. The zero-order valence-corrected chi connectivity index (χ0v) is 16.6. The van der Waals surface area contributed by atoms with Crippen LogP contribution in [0.2, 0.25) is 10.0 Å². The third-order valence-electron chi connectivity index (χ3n) is 4.95. The maximum absolute atomic E-state index is 13.0. The second kappa shape index (κ2) is 7.17. The monoisotopic (exact) mass is 427 g/mol. The molecule has 2 heterocycles. The lowest BCUT2D eigenvalue weighted by atomic mass is 9.89. The van der Waals surface area contributed by atoms with Crippen LogP contribution >= 0.6 is 23.2 Å². The van der Waals surface area contributed by atoms with Gasteiger partial charge in [-0.05, 0) is 60.2 Å². The van der Waals surface area contributed by atoms with E-state index in [2.05, 4.69) is 0 Å². The molecule has 3 aromatic rings. The van der Waals surface area contributed by atoms with Crippen molar-refractivity contribution in [3.05, 3.63) is 82.3 Å². The summed E-state index contributed by atoms with van der Waals surface area (Å²) in [7, 11) is 0. The SMILES string of the molecule is O=C1[C@@H](Oc2ccc(Cl)cc2)[C@H](c2ccc3c(c2)OCO3)N1c1cccc(Cl)c1. The normalized spacial score (nSPS) is 19.8. The molecule has 0 N–H and O–H groups in total. The first-order valence-corrected chi connectivity index (χ1v) is 9.76. The van der Waals surface area contributed by atoms with Crippen molar-refractivity contribution in [1.29, 1.82) is 0 Å². The lowest BCUT2D eigenvalue weighted by Crippen LogP contribution is -2.61. The minimum atomic E-state index is -0.685. The van der Waals surface area contributed by atoms with Gasteiger partial charge in [-0.3, -0.25) is 9.69 Å². The van der Waals surface area contributed by atoms with Gasteiger partial charge in [0.1, 0.15) is 11.8 Å². The van der Waals surface area contributed by atoms with Gasteiger partial charge in [-0.15, -0.1) is 0 Å². The number of hydrogen-bond acceptors (Lipinski definition) is 4. The van der Waals surface area contributed by atoms with Crippen LogP contribution in [0.25, 0.3) is 0 Å². The number of carbonyl (C=O) groups excluding carboxylic acids is 1. The van der Waals surface area contributed by atoms with Gasteiger partial charge in [0, 0.05) is 15.7 Å². The van der Waals surface area contributed by atoms with Gasteiger partial charge >= 0.3 is 0 Å². The highest BCUT2D eigenvalue weighted by Crippen LogP contribution is 2.44. The highest BCUT2D eigenvalue weighted by molar-refractivity contribution is 6.31. The fourth-order valence-electron chi connectivity index (χ4n) is 3.57. The Kier molecular flexibility index (Phi) is 4.49. The third kappa shape index (κ3) is 3.26. The number of halogens is 2. The summed E-state index contributed by atoms with van der Waals surface area (Å²) in [5.41, 5.74) is 1.59. The topological polar surface area (TPSA) is 48.0 Å². The molecule has 0 aromatic heterocycles. The van der Waals surface area contributed by atoms with Crippen LogP contribution in [0.5, 0.6) is 17.2 Å². The molecule has 1 fully saturated rings. The Bertz CT molecular complexity index is 1090. The predicted octanol–water partition coefficient (Wildman–Crippen LogP) is 5.26. The van der Waals surface area contributed by atoms with Gasteiger partial charge in [-0.2, -0.15) is 0 Å². The Labute approximate surface area is 177 Å². The van der Waals surface area contributed by atoms with Gasteiger partial charge in [0.05, 0.1) is 0 Å². The molecule has 2 aliphatic rings. The van der Waals surface area contributed by atoms with Crippen molar-refractivity contribution >= 4 is 34.8 Å². The van der Waals surface area contributed by atoms with Gasteiger partial charge < -0.3 is 14.2 Å². The standard InChI is InChI=1S/C22H15Cl2NO4/c23-14-5-7-17(8-6-14)29-21-20(13-4-9-18-19(10-13)28-12-27-18)25(22(21)26)16-3-1-2-15(24)11-16/h1-11,20-21H,12H2/t20-,21-/m0/s1. The average molecular weight is 428 g/mol. The van der Waals surface area contributed by atoms with E-state index < -0.39 is 6.10 Å². The number of amides is 1. The minimum Gasteiger partial charge on any atom is -0.478 e. The molecular weight excluding hydrogens is 413 g/mol. The van der Waals surface area contributed by atoms with E-state index in [1.54, 1.807) is 41.3 Å². The van der Waals surface area contributed by atoms with E-state index in [4.69, 9.17) is 37.4 Å². The summed E-state index contributed by atoms with van der Waals surface area (Å²) >= 11 is 12.1. The summed E-state index contributed by atoms with van der Waals surface area (Å²) in [5.74, 6) is 1.76. The van der Waals surface area contributed by atoms with Gasteiger partial charge in [0.25, 0.3) is 5.91 Å². The second-order valence-electron chi connectivity index (χ2n) is 6.74. The Morgan fingerprint density at radius 2 is 1.69 bits per heavy atom. The van der Waals surface area contributed by atoms with Crippen LogP contribution in [0.15, 0.2) is 66.7 Å². The molecule has 3 aromatic carbocycles. The van der Waals surface area contributed by atoms with Crippen LogP contribution in [-0.2, 0) is 4.79 Å². The van der Waals surface area contributed by atoms with Crippen molar-refractivity contribution in [3.63, 3.8) is 0 Å². The smallest absolute Gasteiger partial charge is 0.271 e. The molecule has 0 bridgehead atoms. The first kappa shape index (κ1) is 18.2. The van der Waals surface area contributed by atoms with Crippen LogP contribution < -0.4 is 19.1 Å². The van der Waals surface area contributed by atoms with E-state index in [-0.39, 0.29) is 18.7 Å². The molecule has 2 aliphatic heterocycles. The highest BCUT2D eigenvalue weighted by atomic mass is 35.5. The van der Waals surface area contributed by atoms with Gasteiger partial charge in [0.15, 0.2) is 11.5 Å². The number of benzene rings is 3. The van der Waals surface area contributed by atoms with Crippen molar-refractivity contribution in [1.82, 2.24) is 0 Å². The van der Waals surface area contributed by atoms with E-state index in [1.807, 2.05) is 30.3 Å². The van der Waals surface area contributed by atoms with Crippen LogP contribution in [0.4, 0.5) is 5.69 Å². The molecule has 1 amide bonds. The molecule has 7 heteroatoms. The summed E-state index contributed by atoms with van der Waals surface area (Å²) in [6.45, 7) is 0.186.